The Morgan fingerprint density at radius 2 is 2.00 bits per heavy atom. The highest BCUT2D eigenvalue weighted by atomic mass is 32.2. The number of ether oxygens (including phenoxy) is 1. The lowest BCUT2D eigenvalue weighted by Gasteiger charge is -2.38. The van der Waals surface area contributed by atoms with E-state index < -0.39 is 37.6 Å². The van der Waals surface area contributed by atoms with Gasteiger partial charge in [0, 0.05) is 11.3 Å². The third kappa shape index (κ3) is 4.80. The van der Waals surface area contributed by atoms with Gasteiger partial charge in [0.1, 0.15) is 27.6 Å². The summed E-state index contributed by atoms with van der Waals surface area (Å²) in [5, 5.41) is 2.60. The average molecular weight is 474 g/mol. The highest BCUT2D eigenvalue weighted by molar-refractivity contribution is 7.93. The number of amidine groups is 1. The van der Waals surface area contributed by atoms with Crippen molar-refractivity contribution in [2.75, 3.05) is 17.7 Å². The number of aliphatic imine (C=N–C) groups is 1. The normalized spacial score (nSPS) is 20.7. The van der Waals surface area contributed by atoms with Gasteiger partial charge in [-0.25, -0.2) is 22.8 Å². The number of aromatic nitrogens is 2. The van der Waals surface area contributed by atoms with Gasteiger partial charge in [-0.15, -0.1) is 5.92 Å². The highest BCUT2D eigenvalue weighted by Crippen LogP contribution is 2.38. The molecule has 11 heteroatoms. The van der Waals surface area contributed by atoms with Crippen LogP contribution in [0, 0.1) is 17.7 Å². The Bertz CT molecular complexity index is 1280. The monoisotopic (exact) mass is 473 g/mol. The molecule has 2 aromatic rings. The first-order valence-electron chi connectivity index (χ1n) is 9.93. The van der Waals surface area contributed by atoms with Gasteiger partial charge in [0.2, 0.25) is 5.88 Å². The van der Waals surface area contributed by atoms with E-state index in [1.165, 1.54) is 45.3 Å². The van der Waals surface area contributed by atoms with Crippen LogP contribution in [0.3, 0.4) is 0 Å². The molecule has 1 amide bonds. The zero-order valence-electron chi connectivity index (χ0n) is 18.6. The topological polar surface area (TPSA) is 137 Å². The van der Waals surface area contributed by atoms with Gasteiger partial charge in [0.15, 0.2) is 16.4 Å². The lowest BCUT2D eigenvalue weighted by molar-refractivity contribution is 0.102. The minimum absolute atomic E-state index is 0.00488. The van der Waals surface area contributed by atoms with Crippen molar-refractivity contribution in [1.29, 1.82) is 0 Å². The molecule has 33 heavy (non-hydrogen) atoms. The van der Waals surface area contributed by atoms with Crippen LogP contribution >= 0.6 is 0 Å². The Balaban J connectivity index is 1.85. The van der Waals surface area contributed by atoms with Gasteiger partial charge in [0.25, 0.3) is 5.91 Å². The molecule has 1 atom stereocenters. The minimum Gasteiger partial charge on any atom is -0.463 e. The molecule has 1 aliphatic heterocycles. The summed E-state index contributed by atoms with van der Waals surface area (Å²) in [4.78, 5) is 24.9. The third-order valence-corrected chi connectivity index (χ3v) is 8.07. The lowest BCUT2D eigenvalue weighted by Crippen LogP contribution is -2.55. The van der Waals surface area contributed by atoms with Crippen LogP contribution in [0.1, 0.15) is 43.7 Å². The average Bonchev–Trinajstić information content (AvgIpc) is 2.74. The Labute approximate surface area is 191 Å². The first kappa shape index (κ1) is 24.1. The predicted molar refractivity (Wildman–Crippen MR) is 122 cm³/mol. The minimum atomic E-state index is -3.72. The van der Waals surface area contributed by atoms with Gasteiger partial charge in [-0.3, -0.25) is 9.79 Å². The SMILES string of the molecule is CC#CCOc1cnc(C(=O)Nc2ccc(F)c([C@]3(C)CS(=O)(=O)C(C)(C)C(N)=N3)c2)cn1. The van der Waals surface area contributed by atoms with Crippen LogP contribution in [0.25, 0.3) is 0 Å². The van der Waals surface area contributed by atoms with E-state index in [0.29, 0.717) is 0 Å². The maximum atomic E-state index is 14.7. The molecule has 0 fully saturated rings. The molecule has 0 bridgehead atoms. The molecule has 174 valence electrons. The summed E-state index contributed by atoms with van der Waals surface area (Å²) in [7, 11) is -3.72. The Morgan fingerprint density at radius 3 is 2.61 bits per heavy atom. The molecule has 3 N–H and O–H groups in total. The number of rotatable bonds is 5. The number of carbonyl (C=O) groups excluding carboxylic acids is 1. The van der Waals surface area contributed by atoms with Gasteiger partial charge in [0.05, 0.1) is 18.1 Å². The number of amides is 1. The van der Waals surface area contributed by atoms with E-state index in [4.69, 9.17) is 10.5 Å². The molecule has 0 saturated heterocycles. The van der Waals surface area contributed by atoms with Crippen LogP contribution in [0.2, 0.25) is 0 Å². The number of anilines is 1. The molecule has 1 aromatic carbocycles. The van der Waals surface area contributed by atoms with Crippen molar-refractivity contribution in [3.63, 3.8) is 0 Å². The van der Waals surface area contributed by atoms with E-state index in [1.54, 1.807) is 6.92 Å². The second-order valence-corrected chi connectivity index (χ2v) is 10.7. The van der Waals surface area contributed by atoms with Gasteiger partial charge >= 0.3 is 0 Å². The molecule has 0 saturated carbocycles. The number of nitrogens with one attached hydrogen (secondary N) is 1. The smallest absolute Gasteiger partial charge is 0.275 e. The molecule has 1 aliphatic rings. The quantitative estimate of drug-likeness (QED) is 0.634. The largest absolute Gasteiger partial charge is 0.463 e. The van der Waals surface area contributed by atoms with Crippen LogP contribution < -0.4 is 15.8 Å². The van der Waals surface area contributed by atoms with Crippen molar-refractivity contribution in [2.24, 2.45) is 10.7 Å². The second-order valence-electron chi connectivity index (χ2n) is 8.14. The number of benzene rings is 1. The molecular weight excluding hydrogens is 449 g/mol. The van der Waals surface area contributed by atoms with E-state index in [1.807, 2.05) is 0 Å². The summed E-state index contributed by atoms with van der Waals surface area (Å²) in [5.74, 6) is 3.81. The summed E-state index contributed by atoms with van der Waals surface area (Å²) < 4.78 is 44.2. The first-order valence-corrected chi connectivity index (χ1v) is 11.6. The van der Waals surface area contributed by atoms with Gasteiger partial charge < -0.3 is 15.8 Å². The molecule has 1 aromatic heterocycles. The number of nitrogens with zero attached hydrogens (tertiary/aromatic N) is 3. The number of sulfone groups is 1. The molecule has 9 nitrogen and oxygen atoms in total. The molecule has 2 heterocycles. The van der Waals surface area contributed by atoms with Gasteiger partial charge in [-0.05, 0) is 45.9 Å². The fourth-order valence-electron chi connectivity index (χ4n) is 3.18. The highest BCUT2D eigenvalue weighted by Gasteiger charge is 2.49. The number of halogens is 1. The van der Waals surface area contributed by atoms with Crippen LogP contribution in [0.15, 0.2) is 35.6 Å². The third-order valence-electron chi connectivity index (χ3n) is 5.37. The van der Waals surface area contributed by atoms with Crippen molar-refractivity contribution in [3.8, 4) is 17.7 Å². The van der Waals surface area contributed by atoms with E-state index in [0.717, 1.165) is 6.07 Å². The second kappa shape index (κ2) is 8.78. The maximum absolute atomic E-state index is 14.7. The summed E-state index contributed by atoms with van der Waals surface area (Å²) in [6.45, 7) is 6.24. The van der Waals surface area contributed by atoms with E-state index >= 15 is 0 Å². The fourth-order valence-corrected chi connectivity index (χ4v) is 4.87. The van der Waals surface area contributed by atoms with E-state index in [-0.39, 0.29) is 35.3 Å². The number of carbonyl (C=O) groups is 1. The number of hydrogen-bond acceptors (Lipinski definition) is 8. The van der Waals surface area contributed by atoms with Crippen LogP contribution in [0.5, 0.6) is 5.88 Å². The van der Waals surface area contributed by atoms with Gasteiger partial charge in [-0.1, -0.05) is 5.92 Å². The van der Waals surface area contributed by atoms with E-state index in [9.17, 15) is 17.6 Å². The van der Waals surface area contributed by atoms with Crippen LogP contribution in [-0.2, 0) is 15.4 Å². The number of nitrogens with two attached hydrogens (primary N) is 1. The summed E-state index contributed by atoms with van der Waals surface area (Å²) in [6, 6.07) is 3.82. The lowest BCUT2D eigenvalue weighted by atomic mass is 9.92. The van der Waals surface area contributed by atoms with Crippen molar-refractivity contribution < 1.29 is 22.3 Å². The fraction of sp³-hybridized carbons (Fsp3) is 0.364. The van der Waals surface area contributed by atoms with Crippen LogP contribution in [0.4, 0.5) is 10.1 Å². The number of hydrogen-bond donors (Lipinski definition) is 2. The zero-order chi connectivity index (χ0) is 24.4. The van der Waals surface area contributed by atoms with Crippen molar-refractivity contribution in [1.82, 2.24) is 9.97 Å². The molecular formula is C22H24FN5O4S. The Hall–Kier alpha value is -3.52. The summed E-state index contributed by atoms with van der Waals surface area (Å²) in [6.07, 6.45) is 2.52. The molecule has 0 spiro atoms. The maximum Gasteiger partial charge on any atom is 0.275 e. The van der Waals surface area contributed by atoms with E-state index in [2.05, 4.69) is 32.1 Å². The molecule has 0 radical (unpaired) electrons. The standard InChI is InChI=1S/C22H24FN5O4S/c1-5-6-9-32-18-12-25-17(11-26-18)19(29)27-14-7-8-16(23)15(10-14)22(4)13-33(30,31)21(2,3)20(24)28-22/h7-8,10-12H,9,13H2,1-4H3,(H2,24,28)(H,27,29)/t22-/m0/s1. The van der Waals surface area contributed by atoms with Gasteiger partial charge in [-0.2, -0.15) is 0 Å². The van der Waals surface area contributed by atoms with Crippen molar-refractivity contribution in [3.05, 3.63) is 47.7 Å². The first-order chi connectivity index (χ1) is 15.4. The van der Waals surface area contributed by atoms with Crippen molar-refractivity contribution in [2.45, 2.75) is 38.0 Å². The zero-order valence-corrected chi connectivity index (χ0v) is 19.5. The summed E-state index contributed by atoms with van der Waals surface area (Å²) in [5.41, 5.74) is 4.72. The summed E-state index contributed by atoms with van der Waals surface area (Å²) >= 11 is 0. The Kier molecular flexibility index (Phi) is 6.42. The van der Waals surface area contributed by atoms with Crippen molar-refractivity contribution >= 4 is 27.3 Å². The predicted octanol–water partition coefficient (Wildman–Crippen LogP) is 2.05. The molecule has 3 rings (SSSR count). The molecule has 0 aliphatic carbocycles. The Morgan fingerprint density at radius 1 is 1.27 bits per heavy atom. The van der Waals surface area contributed by atoms with Crippen LogP contribution in [-0.4, -0.2) is 47.2 Å². The molecule has 0 unspecified atom stereocenters.